The van der Waals surface area contributed by atoms with E-state index in [4.69, 9.17) is 11.6 Å². The van der Waals surface area contributed by atoms with Crippen LogP contribution in [0, 0.1) is 13.8 Å². The highest BCUT2D eigenvalue weighted by Crippen LogP contribution is 2.24. The zero-order chi connectivity index (χ0) is 15.4. The highest BCUT2D eigenvalue weighted by molar-refractivity contribution is 7.15. The molecule has 1 atom stereocenters. The van der Waals surface area contributed by atoms with Crippen LogP contribution in [0.2, 0.25) is 5.02 Å². The number of aryl methyl sites for hydroxylation is 1. The highest BCUT2D eigenvalue weighted by atomic mass is 35.5. The average molecular weight is 325 g/mol. The molecule has 1 aromatic heterocycles. The molecule has 0 aliphatic rings. The van der Waals surface area contributed by atoms with E-state index in [1.807, 2.05) is 39.0 Å². The third-order valence-electron chi connectivity index (χ3n) is 3.08. The summed E-state index contributed by atoms with van der Waals surface area (Å²) in [5.74, 6) is -0.131. The van der Waals surface area contributed by atoms with Crippen LogP contribution in [0.3, 0.4) is 0 Å². The van der Waals surface area contributed by atoms with E-state index in [-0.39, 0.29) is 11.9 Å². The average Bonchev–Trinajstić information content (AvgIpc) is 2.85. The molecule has 1 amide bonds. The Morgan fingerprint density at radius 2 is 2.14 bits per heavy atom. The van der Waals surface area contributed by atoms with Gasteiger partial charge in [-0.15, -0.1) is 10.2 Å². The Morgan fingerprint density at radius 1 is 1.38 bits per heavy atom. The minimum absolute atomic E-state index is 0.131. The van der Waals surface area contributed by atoms with Crippen molar-refractivity contribution in [3.63, 3.8) is 0 Å². The van der Waals surface area contributed by atoms with Crippen molar-refractivity contribution < 1.29 is 4.79 Å². The normalized spacial score (nSPS) is 12.0. The number of amides is 1. The smallest absolute Gasteiger partial charge is 0.248 e. The molecule has 7 heteroatoms. The summed E-state index contributed by atoms with van der Waals surface area (Å²) >= 11 is 7.45. The number of benzene rings is 1. The van der Waals surface area contributed by atoms with Crippen LogP contribution in [0.15, 0.2) is 18.2 Å². The monoisotopic (exact) mass is 324 g/mol. The molecule has 2 aromatic rings. The summed E-state index contributed by atoms with van der Waals surface area (Å²) in [4.78, 5) is 12.3. The minimum atomic E-state index is -0.355. The molecular formula is C14H17ClN4OS. The molecule has 0 spiro atoms. The fourth-order valence-corrected chi connectivity index (χ4v) is 2.61. The Morgan fingerprint density at radius 3 is 2.76 bits per heavy atom. The van der Waals surface area contributed by atoms with E-state index in [2.05, 4.69) is 20.8 Å². The molecule has 0 fully saturated rings. The first-order valence-electron chi connectivity index (χ1n) is 6.64. The second-order valence-corrected chi connectivity index (χ2v) is 6.22. The van der Waals surface area contributed by atoms with Gasteiger partial charge in [0.15, 0.2) is 0 Å². The maximum absolute atomic E-state index is 12.3. The maximum Gasteiger partial charge on any atom is 0.248 e. The van der Waals surface area contributed by atoms with Gasteiger partial charge in [0.05, 0.1) is 0 Å². The molecule has 112 valence electrons. The third kappa shape index (κ3) is 3.92. The molecule has 0 saturated heterocycles. The van der Waals surface area contributed by atoms with Gasteiger partial charge in [-0.3, -0.25) is 10.1 Å². The van der Waals surface area contributed by atoms with Gasteiger partial charge in [0, 0.05) is 10.7 Å². The Kier molecular flexibility index (Phi) is 5.14. The summed E-state index contributed by atoms with van der Waals surface area (Å²) in [6, 6.07) is 5.24. The largest absolute Gasteiger partial charge is 0.373 e. The van der Waals surface area contributed by atoms with E-state index < -0.39 is 0 Å². The van der Waals surface area contributed by atoms with Gasteiger partial charge in [-0.05, 0) is 38.0 Å². The van der Waals surface area contributed by atoms with Crippen LogP contribution >= 0.6 is 22.9 Å². The predicted octanol–water partition coefficient (Wildman–Crippen LogP) is 3.64. The van der Waals surface area contributed by atoms with Crippen LogP contribution in [-0.2, 0) is 4.79 Å². The van der Waals surface area contributed by atoms with Crippen molar-refractivity contribution in [3.8, 4) is 0 Å². The molecule has 0 saturated carbocycles. The second kappa shape index (κ2) is 6.87. The number of hydrogen-bond acceptors (Lipinski definition) is 5. The summed E-state index contributed by atoms with van der Waals surface area (Å²) < 4.78 is 0. The van der Waals surface area contributed by atoms with Gasteiger partial charge in [0.25, 0.3) is 0 Å². The zero-order valence-electron chi connectivity index (χ0n) is 12.1. The van der Waals surface area contributed by atoms with Gasteiger partial charge in [-0.2, -0.15) is 0 Å². The quantitative estimate of drug-likeness (QED) is 0.881. The molecule has 0 radical (unpaired) electrons. The molecule has 1 aromatic carbocycles. The van der Waals surface area contributed by atoms with Gasteiger partial charge >= 0.3 is 0 Å². The van der Waals surface area contributed by atoms with Crippen LogP contribution in [0.1, 0.15) is 23.9 Å². The van der Waals surface area contributed by atoms with Crippen molar-refractivity contribution in [2.75, 3.05) is 10.6 Å². The van der Waals surface area contributed by atoms with Crippen LogP contribution in [0.5, 0.6) is 0 Å². The van der Waals surface area contributed by atoms with Gasteiger partial charge in [-0.1, -0.05) is 35.9 Å². The van der Waals surface area contributed by atoms with Crippen molar-refractivity contribution >= 4 is 39.7 Å². The molecule has 1 heterocycles. The lowest BCUT2D eigenvalue weighted by atomic mass is 10.1. The van der Waals surface area contributed by atoms with Crippen LogP contribution < -0.4 is 10.6 Å². The van der Waals surface area contributed by atoms with Crippen LogP contribution in [-0.4, -0.2) is 22.1 Å². The fourth-order valence-electron chi connectivity index (χ4n) is 1.84. The molecule has 5 nitrogen and oxygen atoms in total. The molecule has 21 heavy (non-hydrogen) atoms. The van der Waals surface area contributed by atoms with Crippen molar-refractivity contribution in [3.05, 3.63) is 33.8 Å². The summed E-state index contributed by atoms with van der Waals surface area (Å²) in [5.41, 5.74) is 1.79. The molecule has 0 aliphatic heterocycles. The van der Waals surface area contributed by atoms with E-state index >= 15 is 0 Å². The lowest BCUT2D eigenvalue weighted by molar-refractivity contribution is -0.117. The van der Waals surface area contributed by atoms with Gasteiger partial charge in [-0.25, -0.2) is 0 Å². The fraction of sp³-hybridized carbons (Fsp3) is 0.357. The predicted molar refractivity (Wildman–Crippen MR) is 87.2 cm³/mol. The number of carbonyl (C=O) groups excluding carboxylic acids is 1. The number of rotatable bonds is 5. The molecule has 2 N–H and O–H groups in total. The SMILES string of the molecule is CC[C@@H](Nc1cccc(Cl)c1C)C(=O)Nc1nnc(C)s1. The minimum Gasteiger partial charge on any atom is -0.373 e. The van der Waals surface area contributed by atoms with E-state index in [0.29, 0.717) is 16.6 Å². The Balaban J connectivity index is 2.08. The number of nitrogens with one attached hydrogen (secondary N) is 2. The molecule has 2 rings (SSSR count). The van der Waals surface area contributed by atoms with Gasteiger partial charge in [0.2, 0.25) is 11.0 Å². The Bertz CT molecular complexity index is 644. The van der Waals surface area contributed by atoms with E-state index in [0.717, 1.165) is 16.3 Å². The zero-order valence-corrected chi connectivity index (χ0v) is 13.7. The summed E-state index contributed by atoms with van der Waals surface area (Å²) in [5, 5.41) is 15.8. The molecular weight excluding hydrogens is 308 g/mol. The number of nitrogens with zero attached hydrogens (tertiary/aromatic N) is 2. The first-order valence-corrected chi connectivity index (χ1v) is 7.83. The Labute approximate surface area is 132 Å². The second-order valence-electron chi connectivity index (χ2n) is 4.63. The number of aromatic nitrogens is 2. The lowest BCUT2D eigenvalue weighted by Gasteiger charge is -2.19. The van der Waals surface area contributed by atoms with Gasteiger partial charge in [0.1, 0.15) is 11.0 Å². The topological polar surface area (TPSA) is 66.9 Å². The molecule has 0 bridgehead atoms. The van der Waals surface area contributed by atoms with Crippen molar-refractivity contribution in [2.45, 2.75) is 33.2 Å². The first-order chi connectivity index (χ1) is 10.0. The van der Waals surface area contributed by atoms with E-state index in [1.165, 1.54) is 11.3 Å². The highest BCUT2D eigenvalue weighted by Gasteiger charge is 2.18. The first kappa shape index (κ1) is 15.7. The Hall–Kier alpha value is -1.66. The van der Waals surface area contributed by atoms with E-state index in [1.54, 1.807) is 0 Å². The number of hydrogen-bond donors (Lipinski definition) is 2. The van der Waals surface area contributed by atoms with Crippen LogP contribution in [0.25, 0.3) is 0 Å². The van der Waals surface area contributed by atoms with Gasteiger partial charge < -0.3 is 5.32 Å². The summed E-state index contributed by atoms with van der Waals surface area (Å²) in [7, 11) is 0. The molecule has 0 aliphatic carbocycles. The summed E-state index contributed by atoms with van der Waals surface area (Å²) in [6.07, 6.45) is 0.648. The lowest BCUT2D eigenvalue weighted by Crippen LogP contribution is -2.34. The van der Waals surface area contributed by atoms with Crippen molar-refractivity contribution in [1.29, 1.82) is 0 Å². The van der Waals surface area contributed by atoms with E-state index in [9.17, 15) is 4.79 Å². The third-order valence-corrected chi connectivity index (χ3v) is 4.24. The van der Waals surface area contributed by atoms with Crippen molar-refractivity contribution in [2.24, 2.45) is 0 Å². The van der Waals surface area contributed by atoms with Crippen LogP contribution in [0.4, 0.5) is 10.8 Å². The number of carbonyl (C=O) groups is 1. The molecule has 0 unspecified atom stereocenters. The maximum atomic E-state index is 12.3. The standard InChI is InChI=1S/C14H17ClN4OS/c1-4-11(13(20)17-14-19-18-9(3)21-14)16-12-7-5-6-10(15)8(12)2/h5-7,11,16H,4H2,1-3H3,(H,17,19,20)/t11-/m1/s1. The summed E-state index contributed by atoms with van der Waals surface area (Å²) in [6.45, 7) is 5.71. The number of halogens is 1. The number of anilines is 2. The van der Waals surface area contributed by atoms with Crippen molar-refractivity contribution in [1.82, 2.24) is 10.2 Å².